The molecule has 0 aliphatic carbocycles. The zero-order chi connectivity index (χ0) is 16.1. The first-order chi connectivity index (χ1) is 11.3. The van der Waals surface area contributed by atoms with E-state index >= 15 is 0 Å². The molecule has 1 unspecified atom stereocenters. The summed E-state index contributed by atoms with van der Waals surface area (Å²) in [6, 6.07) is 6.50. The van der Waals surface area contributed by atoms with Crippen molar-refractivity contribution in [3.05, 3.63) is 29.6 Å². The number of nitriles is 1. The lowest BCUT2D eigenvalue weighted by molar-refractivity contribution is -0.0672. The van der Waals surface area contributed by atoms with Crippen LogP contribution < -0.4 is 4.90 Å². The highest BCUT2D eigenvalue weighted by atomic mass is 19.1. The summed E-state index contributed by atoms with van der Waals surface area (Å²) in [5.41, 5.74) is 1.22. The fourth-order valence-electron chi connectivity index (χ4n) is 3.32. The van der Waals surface area contributed by atoms with E-state index in [0.29, 0.717) is 12.2 Å². The predicted molar refractivity (Wildman–Crippen MR) is 85.9 cm³/mol. The Morgan fingerprint density at radius 3 is 2.78 bits per heavy atom. The molecule has 5 heteroatoms. The number of halogens is 1. The Labute approximate surface area is 136 Å². The smallest absolute Gasteiger partial charge is 0.124 e. The van der Waals surface area contributed by atoms with E-state index in [-0.39, 0.29) is 18.0 Å². The van der Waals surface area contributed by atoms with Crippen molar-refractivity contribution in [3.63, 3.8) is 0 Å². The van der Waals surface area contributed by atoms with Gasteiger partial charge in [-0.15, -0.1) is 0 Å². The lowest BCUT2D eigenvalue weighted by atomic mass is 10.0. The van der Waals surface area contributed by atoms with Gasteiger partial charge in [-0.05, 0) is 50.3 Å². The van der Waals surface area contributed by atoms with Crippen LogP contribution in [-0.2, 0) is 9.47 Å². The Morgan fingerprint density at radius 2 is 2.09 bits per heavy atom. The summed E-state index contributed by atoms with van der Waals surface area (Å²) in [6.07, 6.45) is 5.85. The van der Waals surface area contributed by atoms with E-state index in [1.807, 2.05) is 0 Å². The molecule has 2 aliphatic rings. The minimum atomic E-state index is -0.365. The molecule has 2 heterocycles. The normalized spacial score (nSPS) is 22.8. The van der Waals surface area contributed by atoms with Crippen LogP contribution in [0.25, 0.3) is 0 Å². The Bertz CT molecular complexity index is 559. The van der Waals surface area contributed by atoms with Crippen LogP contribution in [-0.4, -0.2) is 38.5 Å². The molecule has 0 saturated carbocycles. The van der Waals surface area contributed by atoms with E-state index in [2.05, 4.69) is 11.0 Å². The number of benzene rings is 1. The van der Waals surface area contributed by atoms with Gasteiger partial charge < -0.3 is 14.4 Å². The van der Waals surface area contributed by atoms with Gasteiger partial charge in [0.25, 0.3) is 0 Å². The summed E-state index contributed by atoms with van der Waals surface area (Å²) in [6.45, 7) is 3.20. The number of hydrogen-bond donors (Lipinski definition) is 0. The van der Waals surface area contributed by atoms with Crippen molar-refractivity contribution in [1.82, 2.24) is 0 Å². The Balaban J connectivity index is 1.49. The third-order valence-corrected chi connectivity index (χ3v) is 4.65. The van der Waals surface area contributed by atoms with Crippen molar-refractivity contribution in [3.8, 4) is 6.07 Å². The minimum Gasteiger partial charge on any atom is -0.376 e. The van der Waals surface area contributed by atoms with E-state index in [1.54, 1.807) is 6.07 Å². The second kappa shape index (κ2) is 7.76. The minimum absolute atomic E-state index is 0.253. The van der Waals surface area contributed by atoms with Gasteiger partial charge in [-0.2, -0.15) is 5.26 Å². The third kappa shape index (κ3) is 4.21. The zero-order valence-corrected chi connectivity index (χ0v) is 13.3. The molecule has 4 nitrogen and oxygen atoms in total. The first kappa shape index (κ1) is 16.2. The lowest BCUT2D eigenvalue weighted by Gasteiger charge is -2.34. The van der Waals surface area contributed by atoms with Gasteiger partial charge in [-0.1, -0.05) is 0 Å². The maximum atomic E-state index is 13.2. The van der Waals surface area contributed by atoms with Crippen LogP contribution in [0.5, 0.6) is 0 Å². The van der Waals surface area contributed by atoms with Gasteiger partial charge in [0.05, 0.1) is 30.1 Å². The molecule has 0 amide bonds. The quantitative estimate of drug-likeness (QED) is 0.855. The van der Waals surface area contributed by atoms with Crippen LogP contribution in [0.15, 0.2) is 18.2 Å². The van der Waals surface area contributed by atoms with E-state index in [0.717, 1.165) is 51.1 Å². The predicted octanol–water partition coefficient (Wildman–Crippen LogP) is 3.25. The third-order valence-electron chi connectivity index (χ3n) is 4.65. The summed E-state index contributed by atoms with van der Waals surface area (Å²) in [5.74, 6) is -0.365. The van der Waals surface area contributed by atoms with Gasteiger partial charge in [0, 0.05) is 19.7 Å². The molecular weight excluding hydrogens is 295 g/mol. The van der Waals surface area contributed by atoms with Crippen molar-refractivity contribution in [2.75, 3.05) is 31.2 Å². The molecule has 2 saturated heterocycles. The molecular formula is C18H23FN2O2. The highest BCUT2D eigenvalue weighted by Gasteiger charge is 2.23. The number of piperidine rings is 1. The summed E-state index contributed by atoms with van der Waals surface area (Å²) >= 11 is 0. The largest absolute Gasteiger partial charge is 0.376 e. The van der Waals surface area contributed by atoms with Crippen molar-refractivity contribution in [2.24, 2.45) is 0 Å². The van der Waals surface area contributed by atoms with Crippen molar-refractivity contribution < 1.29 is 13.9 Å². The van der Waals surface area contributed by atoms with Gasteiger partial charge in [-0.25, -0.2) is 4.39 Å². The number of rotatable bonds is 4. The Kier molecular flexibility index (Phi) is 5.47. The fourth-order valence-corrected chi connectivity index (χ4v) is 3.32. The maximum absolute atomic E-state index is 13.2. The highest BCUT2D eigenvalue weighted by Crippen LogP contribution is 2.26. The molecule has 23 heavy (non-hydrogen) atoms. The van der Waals surface area contributed by atoms with Crippen molar-refractivity contribution in [2.45, 2.75) is 44.3 Å². The van der Waals surface area contributed by atoms with Crippen LogP contribution in [0.2, 0.25) is 0 Å². The first-order valence-electron chi connectivity index (χ1n) is 8.44. The molecule has 0 spiro atoms. The molecule has 1 aromatic rings. The molecule has 0 bridgehead atoms. The standard InChI is InChI=1S/C18H23FN2O2/c19-15-4-5-18(14(11-15)12-20)21-8-6-16(7-9-21)23-13-17-3-1-2-10-22-17/h4-5,11,16-17H,1-3,6-10,13H2. The lowest BCUT2D eigenvalue weighted by Crippen LogP contribution is -2.38. The van der Waals surface area contributed by atoms with Crippen LogP contribution in [0, 0.1) is 17.1 Å². The van der Waals surface area contributed by atoms with E-state index < -0.39 is 0 Å². The molecule has 1 aromatic carbocycles. The molecule has 0 radical (unpaired) electrons. The summed E-state index contributed by atoms with van der Waals surface area (Å²) in [5, 5.41) is 9.17. The summed E-state index contributed by atoms with van der Waals surface area (Å²) < 4.78 is 24.9. The van der Waals surface area contributed by atoms with Crippen LogP contribution in [0.4, 0.5) is 10.1 Å². The monoisotopic (exact) mass is 318 g/mol. The van der Waals surface area contributed by atoms with Gasteiger partial charge in [0.15, 0.2) is 0 Å². The van der Waals surface area contributed by atoms with Crippen LogP contribution in [0.1, 0.15) is 37.7 Å². The average molecular weight is 318 g/mol. The number of hydrogen-bond acceptors (Lipinski definition) is 4. The van der Waals surface area contributed by atoms with Crippen molar-refractivity contribution >= 4 is 5.69 Å². The van der Waals surface area contributed by atoms with Crippen molar-refractivity contribution in [1.29, 1.82) is 5.26 Å². The first-order valence-corrected chi connectivity index (χ1v) is 8.44. The van der Waals surface area contributed by atoms with Gasteiger partial charge in [0.1, 0.15) is 11.9 Å². The molecule has 2 fully saturated rings. The molecule has 0 aromatic heterocycles. The molecule has 124 valence electrons. The average Bonchev–Trinajstić information content (AvgIpc) is 2.61. The molecule has 1 atom stereocenters. The molecule has 3 rings (SSSR count). The number of ether oxygens (including phenoxy) is 2. The second-order valence-corrected chi connectivity index (χ2v) is 6.28. The Hall–Kier alpha value is -1.64. The Morgan fingerprint density at radius 1 is 1.26 bits per heavy atom. The molecule has 2 aliphatic heterocycles. The number of nitrogens with zero attached hydrogens (tertiary/aromatic N) is 2. The summed E-state index contributed by atoms with van der Waals surface area (Å²) in [7, 11) is 0. The second-order valence-electron chi connectivity index (χ2n) is 6.28. The maximum Gasteiger partial charge on any atom is 0.124 e. The SMILES string of the molecule is N#Cc1cc(F)ccc1N1CCC(OCC2CCCCO2)CC1. The van der Waals surface area contributed by atoms with Gasteiger partial charge in [-0.3, -0.25) is 0 Å². The van der Waals surface area contributed by atoms with E-state index in [1.165, 1.54) is 18.6 Å². The molecule has 0 N–H and O–H groups in total. The number of anilines is 1. The van der Waals surface area contributed by atoms with Gasteiger partial charge in [0.2, 0.25) is 0 Å². The van der Waals surface area contributed by atoms with E-state index in [9.17, 15) is 9.65 Å². The van der Waals surface area contributed by atoms with Crippen LogP contribution >= 0.6 is 0 Å². The highest BCUT2D eigenvalue weighted by molar-refractivity contribution is 5.59. The van der Waals surface area contributed by atoms with Gasteiger partial charge >= 0.3 is 0 Å². The summed E-state index contributed by atoms with van der Waals surface area (Å²) in [4.78, 5) is 2.15. The zero-order valence-electron chi connectivity index (χ0n) is 13.3. The van der Waals surface area contributed by atoms with E-state index in [4.69, 9.17) is 9.47 Å². The van der Waals surface area contributed by atoms with Crippen LogP contribution in [0.3, 0.4) is 0 Å². The fraction of sp³-hybridized carbons (Fsp3) is 0.611. The topological polar surface area (TPSA) is 45.5 Å².